The van der Waals surface area contributed by atoms with E-state index in [9.17, 15) is 0 Å². The molecule has 136 valence electrons. The molecule has 1 spiro atoms. The van der Waals surface area contributed by atoms with Crippen LogP contribution in [0.1, 0.15) is 29.2 Å². The van der Waals surface area contributed by atoms with Crippen LogP contribution in [0, 0.1) is 0 Å². The van der Waals surface area contributed by atoms with Crippen molar-refractivity contribution < 1.29 is 4.74 Å². The molecule has 0 saturated heterocycles. The summed E-state index contributed by atoms with van der Waals surface area (Å²) in [4.78, 5) is 0. The van der Waals surface area contributed by atoms with Crippen molar-refractivity contribution in [3.8, 4) is 11.5 Å². The first-order chi connectivity index (χ1) is 13.7. The van der Waals surface area contributed by atoms with Gasteiger partial charge in [-0.25, -0.2) is 0 Å². The van der Waals surface area contributed by atoms with E-state index in [0.717, 1.165) is 21.5 Å². The summed E-state index contributed by atoms with van der Waals surface area (Å²) in [5.41, 5.74) is 7.07. The molecule has 28 heavy (non-hydrogen) atoms. The van der Waals surface area contributed by atoms with Gasteiger partial charge in [0.05, 0.1) is 9.89 Å². The summed E-state index contributed by atoms with van der Waals surface area (Å²) in [5.74, 6) is 1.78. The van der Waals surface area contributed by atoms with Crippen molar-refractivity contribution in [2.45, 2.75) is 12.3 Å². The van der Waals surface area contributed by atoms with E-state index in [1.54, 1.807) is 0 Å². The lowest BCUT2D eigenvalue weighted by Gasteiger charge is -2.40. The van der Waals surface area contributed by atoms with Crippen molar-refractivity contribution in [3.05, 3.63) is 124 Å². The van der Waals surface area contributed by atoms with Crippen LogP contribution < -0.4 is 4.74 Å². The largest absolute Gasteiger partial charge is 0.455 e. The molecule has 0 saturated carbocycles. The highest BCUT2D eigenvalue weighted by Crippen LogP contribution is 2.62. The predicted molar refractivity (Wildman–Crippen MR) is 119 cm³/mol. The van der Waals surface area contributed by atoms with E-state index in [0.29, 0.717) is 0 Å². The van der Waals surface area contributed by atoms with Gasteiger partial charge in [-0.2, -0.15) is 0 Å². The van der Waals surface area contributed by atoms with Gasteiger partial charge in [0, 0.05) is 11.1 Å². The third-order valence-corrected chi connectivity index (χ3v) is 6.44. The summed E-state index contributed by atoms with van der Waals surface area (Å²) in [7, 11) is 0. The average molecular weight is 427 g/mol. The average Bonchev–Trinajstić information content (AvgIpc) is 2.97. The standard InChI is InChI=1S/C26H19BrO/c1-3-4-11-19-17(2)18-10-5-6-12-20(18)26(19)21-13-7-8-16-24(21)28-25-22(26)14-9-15-23(25)27/h3-16H,1H2,2H3/b11-4-. The lowest BCUT2D eigenvalue weighted by Crippen LogP contribution is -2.33. The van der Waals surface area contributed by atoms with Crippen LogP contribution in [0.3, 0.4) is 0 Å². The smallest absolute Gasteiger partial charge is 0.146 e. The van der Waals surface area contributed by atoms with Crippen LogP contribution >= 0.6 is 15.9 Å². The Morgan fingerprint density at radius 3 is 2.43 bits per heavy atom. The molecule has 0 N–H and O–H groups in total. The molecule has 0 bridgehead atoms. The van der Waals surface area contributed by atoms with Crippen molar-refractivity contribution in [1.82, 2.24) is 0 Å². The Kier molecular flexibility index (Phi) is 3.92. The zero-order chi connectivity index (χ0) is 19.3. The summed E-state index contributed by atoms with van der Waals surface area (Å²) in [5, 5.41) is 0. The molecule has 0 radical (unpaired) electrons. The van der Waals surface area contributed by atoms with Crippen LogP contribution in [0.4, 0.5) is 0 Å². The minimum absolute atomic E-state index is 0.409. The second-order valence-electron chi connectivity index (χ2n) is 7.14. The molecule has 5 rings (SSSR count). The number of hydrogen-bond donors (Lipinski definition) is 0. The van der Waals surface area contributed by atoms with Gasteiger partial charge >= 0.3 is 0 Å². The molecule has 1 heterocycles. The van der Waals surface area contributed by atoms with Crippen molar-refractivity contribution >= 4 is 21.5 Å². The zero-order valence-electron chi connectivity index (χ0n) is 15.6. The van der Waals surface area contributed by atoms with E-state index < -0.39 is 5.41 Å². The Bertz CT molecular complexity index is 1180. The predicted octanol–water partition coefficient (Wildman–Crippen LogP) is 7.42. The molecular weight excluding hydrogens is 408 g/mol. The summed E-state index contributed by atoms with van der Waals surface area (Å²) in [6.45, 7) is 6.10. The van der Waals surface area contributed by atoms with E-state index in [1.807, 2.05) is 24.3 Å². The molecular formula is C26H19BrO. The lowest BCUT2D eigenvalue weighted by molar-refractivity contribution is 0.433. The first-order valence-corrected chi connectivity index (χ1v) is 10.2. The van der Waals surface area contributed by atoms with Crippen molar-refractivity contribution in [1.29, 1.82) is 0 Å². The third kappa shape index (κ3) is 2.12. The normalized spacial score (nSPS) is 19.4. The van der Waals surface area contributed by atoms with Crippen molar-refractivity contribution in [2.75, 3.05) is 0 Å². The Labute approximate surface area is 173 Å². The van der Waals surface area contributed by atoms with E-state index in [2.05, 4.69) is 90.1 Å². The fraction of sp³-hybridized carbons (Fsp3) is 0.0769. The summed E-state index contributed by atoms with van der Waals surface area (Å²) < 4.78 is 7.35. The van der Waals surface area contributed by atoms with Gasteiger partial charge in [-0.1, -0.05) is 79.4 Å². The summed E-state index contributed by atoms with van der Waals surface area (Å²) >= 11 is 3.72. The number of ether oxygens (including phenoxy) is 1. The first kappa shape index (κ1) is 17.3. The maximum Gasteiger partial charge on any atom is 0.146 e. The van der Waals surface area contributed by atoms with E-state index in [1.165, 1.54) is 27.8 Å². The van der Waals surface area contributed by atoms with Crippen molar-refractivity contribution in [2.24, 2.45) is 0 Å². The molecule has 1 atom stereocenters. The maximum absolute atomic E-state index is 6.38. The van der Waals surface area contributed by atoms with Crippen LogP contribution in [0.5, 0.6) is 11.5 Å². The molecule has 0 amide bonds. The van der Waals surface area contributed by atoms with Crippen LogP contribution in [-0.2, 0) is 5.41 Å². The van der Waals surface area contributed by atoms with Gasteiger partial charge in [0.15, 0.2) is 0 Å². The Balaban J connectivity index is 2.00. The maximum atomic E-state index is 6.38. The fourth-order valence-corrected chi connectivity index (χ4v) is 5.18. The Hall–Kier alpha value is -2.84. The van der Waals surface area contributed by atoms with Gasteiger partial charge in [-0.3, -0.25) is 0 Å². The van der Waals surface area contributed by atoms with Crippen LogP contribution in [0.25, 0.3) is 5.57 Å². The molecule has 1 aliphatic carbocycles. The van der Waals surface area contributed by atoms with E-state index >= 15 is 0 Å². The van der Waals surface area contributed by atoms with E-state index in [4.69, 9.17) is 4.74 Å². The minimum Gasteiger partial charge on any atom is -0.455 e. The molecule has 0 aromatic heterocycles. The van der Waals surface area contributed by atoms with Gasteiger partial charge in [0.25, 0.3) is 0 Å². The highest BCUT2D eigenvalue weighted by atomic mass is 79.9. The highest BCUT2D eigenvalue weighted by Gasteiger charge is 2.51. The lowest BCUT2D eigenvalue weighted by atomic mass is 9.65. The minimum atomic E-state index is -0.409. The first-order valence-electron chi connectivity index (χ1n) is 9.36. The fourth-order valence-electron chi connectivity index (χ4n) is 4.73. The second kappa shape index (κ2) is 6.35. The number of rotatable bonds is 2. The number of allylic oxidation sites excluding steroid dienone is 5. The molecule has 1 unspecified atom stereocenters. The topological polar surface area (TPSA) is 9.23 Å². The van der Waals surface area contributed by atoms with Gasteiger partial charge < -0.3 is 4.74 Å². The van der Waals surface area contributed by atoms with E-state index in [-0.39, 0.29) is 0 Å². The summed E-state index contributed by atoms with van der Waals surface area (Å²) in [6.07, 6.45) is 6.07. The van der Waals surface area contributed by atoms with Crippen LogP contribution in [0.2, 0.25) is 0 Å². The molecule has 1 nitrogen and oxygen atoms in total. The van der Waals surface area contributed by atoms with Gasteiger partial charge in [0.1, 0.15) is 11.5 Å². The summed E-state index contributed by atoms with van der Waals surface area (Å²) in [6, 6.07) is 23.4. The highest BCUT2D eigenvalue weighted by molar-refractivity contribution is 9.10. The molecule has 2 aliphatic rings. The molecule has 3 aromatic carbocycles. The number of fused-ring (bicyclic) bond motifs is 6. The number of halogens is 1. The van der Waals surface area contributed by atoms with Gasteiger partial charge in [-0.05, 0) is 57.3 Å². The SMILES string of the molecule is C=C/C=C\C1=C(C)c2ccccc2C12c1ccccc1Oc1c(Br)cccc12. The molecule has 2 heteroatoms. The third-order valence-electron chi connectivity index (χ3n) is 5.82. The van der Waals surface area contributed by atoms with Crippen LogP contribution in [-0.4, -0.2) is 0 Å². The molecule has 0 fully saturated rings. The molecule has 3 aromatic rings. The van der Waals surface area contributed by atoms with Crippen LogP contribution in [0.15, 0.2) is 102 Å². The number of hydrogen-bond acceptors (Lipinski definition) is 1. The zero-order valence-corrected chi connectivity index (χ0v) is 17.2. The second-order valence-corrected chi connectivity index (χ2v) is 8.00. The van der Waals surface area contributed by atoms with Gasteiger partial charge in [-0.15, -0.1) is 0 Å². The number of para-hydroxylation sites is 2. The Morgan fingerprint density at radius 1 is 0.893 bits per heavy atom. The molecule has 1 aliphatic heterocycles. The monoisotopic (exact) mass is 426 g/mol. The quantitative estimate of drug-likeness (QED) is 0.387. The number of benzene rings is 3. The van der Waals surface area contributed by atoms with Crippen molar-refractivity contribution in [3.63, 3.8) is 0 Å². The Morgan fingerprint density at radius 2 is 1.61 bits per heavy atom. The van der Waals surface area contributed by atoms with Gasteiger partial charge in [0.2, 0.25) is 0 Å².